The molecule has 6 nitrogen and oxygen atoms in total. The molecule has 0 radical (unpaired) electrons. The molecule has 1 N–H and O–H groups in total. The van der Waals surface area contributed by atoms with Gasteiger partial charge >= 0.3 is 0 Å². The number of nitriles is 1. The molecule has 0 bridgehead atoms. The summed E-state index contributed by atoms with van der Waals surface area (Å²) in [4.78, 5) is 22.8. The highest BCUT2D eigenvalue weighted by Crippen LogP contribution is 2.27. The van der Waals surface area contributed by atoms with Crippen molar-refractivity contribution in [2.24, 2.45) is 0 Å². The van der Waals surface area contributed by atoms with Gasteiger partial charge in [-0.25, -0.2) is 0 Å². The minimum absolute atomic E-state index is 0.208. The quantitative estimate of drug-likeness (QED) is 0.304. The Balaban J connectivity index is 1.76. The van der Waals surface area contributed by atoms with Crippen LogP contribution < -0.4 is 5.56 Å². The van der Waals surface area contributed by atoms with Gasteiger partial charge in [-0.1, -0.05) is 62.7 Å². The number of hydrogen-bond donors (Lipinski definition) is 1. The van der Waals surface area contributed by atoms with Gasteiger partial charge in [0.1, 0.15) is 5.82 Å². The topological polar surface area (TPSA) is 91.8 Å². The molecule has 0 aliphatic rings. The summed E-state index contributed by atoms with van der Waals surface area (Å²) in [6, 6.07) is 21.2. The van der Waals surface area contributed by atoms with Crippen LogP contribution in [0.2, 0.25) is 0 Å². The van der Waals surface area contributed by atoms with E-state index in [2.05, 4.69) is 23.0 Å². The standard InChI is InChI=1S/C31H32N4O2/c1-4-6-12-29-34-30(36)27(19-22-13-15-24(16-14-22)26-11-8-17-33-21(26)3)31(37)35(29)28(5-2)25-10-7-9-23(18-25)20-32/h7-11,13-18,28,36H,4-6,12,19H2,1-3H3. The molecule has 0 saturated carbocycles. The lowest BCUT2D eigenvalue weighted by atomic mass is 9.99. The Bertz CT molecular complexity index is 1480. The van der Waals surface area contributed by atoms with Gasteiger partial charge in [0.15, 0.2) is 0 Å². The van der Waals surface area contributed by atoms with Crippen LogP contribution >= 0.6 is 0 Å². The molecular weight excluding hydrogens is 460 g/mol. The van der Waals surface area contributed by atoms with Crippen molar-refractivity contribution in [2.45, 2.75) is 58.9 Å². The molecule has 1 atom stereocenters. The molecule has 0 aliphatic carbocycles. The van der Waals surface area contributed by atoms with Crippen LogP contribution in [0.1, 0.15) is 72.9 Å². The molecule has 2 aromatic heterocycles. The minimum atomic E-state index is -0.282. The Morgan fingerprint density at radius 3 is 2.54 bits per heavy atom. The molecule has 188 valence electrons. The van der Waals surface area contributed by atoms with Crippen LogP contribution in [0.4, 0.5) is 0 Å². The van der Waals surface area contributed by atoms with E-state index in [4.69, 9.17) is 0 Å². The van der Waals surface area contributed by atoms with Gasteiger partial charge in [-0.3, -0.25) is 14.3 Å². The molecule has 6 heteroatoms. The summed E-state index contributed by atoms with van der Waals surface area (Å²) in [6.45, 7) is 6.08. The predicted octanol–water partition coefficient (Wildman–Crippen LogP) is 6.12. The number of aromatic nitrogens is 3. The molecule has 0 fully saturated rings. The highest BCUT2D eigenvalue weighted by molar-refractivity contribution is 5.65. The summed E-state index contributed by atoms with van der Waals surface area (Å²) >= 11 is 0. The van der Waals surface area contributed by atoms with Crippen LogP contribution in [-0.2, 0) is 12.8 Å². The highest BCUT2D eigenvalue weighted by atomic mass is 16.3. The van der Waals surface area contributed by atoms with Gasteiger partial charge in [0.25, 0.3) is 5.56 Å². The average Bonchev–Trinajstić information content (AvgIpc) is 2.92. The zero-order valence-electron chi connectivity index (χ0n) is 21.6. The first-order chi connectivity index (χ1) is 18.0. The van der Waals surface area contributed by atoms with E-state index in [0.717, 1.165) is 40.8 Å². The number of pyridine rings is 1. The maximum Gasteiger partial charge on any atom is 0.261 e. The van der Waals surface area contributed by atoms with E-state index in [-0.39, 0.29) is 29.5 Å². The van der Waals surface area contributed by atoms with Crippen molar-refractivity contribution in [3.05, 3.63) is 111 Å². The van der Waals surface area contributed by atoms with E-state index in [9.17, 15) is 15.2 Å². The Morgan fingerprint density at radius 1 is 1.08 bits per heavy atom. The van der Waals surface area contributed by atoms with E-state index in [1.165, 1.54) is 0 Å². The third kappa shape index (κ3) is 5.62. The molecule has 2 aromatic carbocycles. The van der Waals surface area contributed by atoms with Crippen LogP contribution in [0.25, 0.3) is 11.1 Å². The van der Waals surface area contributed by atoms with Gasteiger partial charge < -0.3 is 5.11 Å². The summed E-state index contributed by atoms with van der Waals surface area (Å²) < 4.78 is 1.73. The number of rotatable bonds is 9. The number of benzene rings is 2. The third-order valence-corrected chi connectivity index (χ3v) is 6.77. The van der Waals surface area contributed by atoms with Crippen molar-refractivity contribution in [1.82, 2.24) is 14.5 Å². The fraction of sp³-hybridized carbons (Fsp3) is 0.290. The van der Waals surface area contributed by atoms with Crippen molar-refractivity contribution >= 4 is 0 Å². The molecular formula is C31H32N4O2. The maximum atomic E-state index is 13.9. The molecule has 4 aromatic rings. The Kier molecular flexibility index (Phi) is 8.15. The Hall–Kier alpha value is -4.24. The second kappa shape index (κ2) is 11.7. The Morgan fingerprint density at radius 2 is 1.86 bits per heavy atom. The lowest BCUT2D eigenvalue weighted by Crippen LogP contribution is -2.32. The Labute approximate surface area is 217 Å². The van der Waals surface area contributed by atoms with Crippen molar-refractivity contribution < 1.29 is 5.11 Å². The number of nitrogens with zero attached hydrogens (tertiary/aromatic N) is 4. The normalized spacial score (nSPS) is 11.7. The first-order valence-corrected chi connectivity index (χ1v) is 12.8. The average molecular weight is 493 g/mol. The van der Waals surface area contributed by atoms with Gasteiger partial charge in [-0.15, -0.1) is 0 Å². The van der Waals surface area contributed by atoms with Crippen LogP contribution in [0.3, 0.4) is 0 Å². The maximum absolute atomic E-state index is 13.9. The van der Waals surface area contributed by atoms with Crippen molar-refractivity contribution in [1.29, 1.82) is 5.26 Å². The fourth-order valence-corrected chi connectivity index (χ4v) is 4.77. The van der Waals surface area contributed by atoms with Crippen LogP contribution in [0.15, 0.2) is 71.7 Å². The van der Waals surface area contributed by atoms with E-state index < -0.39 is 0 Å². The molecule has 1 unspecified atom stereocenters. The van der Waals surface area contributed by atoms with E-state index in [0.29, 0.717) is 24.2 Å². The third-order valence-electron chi connectivity index (χ3n) is 6.77. The van der Waals surface area contributed by atoms with E-state index in [1.807, 2.05) is 68.4 Å². The molecule has 4 rings (SSSR count). The van der Waals surface area contributed by atoms with Crippen LogP contribution in [-0.4, -0.2) is 19.6 Å². The first-order valence-electron chi connectivity index (χ1n) is 12.8. The van der Waals surface area contributed by atoms with Crippen LogP contribution in [0, 0.1) is 18.3 Å². The predicted molar refractivity (Wildman–Crippen MR) is 146 cm³/mol. The lowest BCUT2D eigenvalue weighted by molar-refractivity contribution is 0.420. The zero-order chi connectivity index (χ0) is 26.4. The second-order valence-electron chi connectivity index (χ2n) is 9.28. The lowest BCUT2D eigenvalue weighted by Gasteiger charge is -2.23. The molecule has 0 amide bonds. The largest absolute Gasteiger partial charge is 0.493 e. The van der Waals surface area contributed by atoms with Gasteiger partial charge in [0, 0.05) is 30.3 Å². The molecule has 37 heavy (non-hydrogen) atoms. The fourth-order valence-electron chi connectivity index (χ4n) is 4.77. The summed E-state index contributed by atoms with van der Waals surface area (Å²) in [5.74, 6) is 0.366. The molecule has 0 spiro atoms. The highest BCUT2D eigenvalue weighted by Gasteiger charge is 2.23. The first kappa shape index (κ1) is 25.8. The molecule has 0 saturated heterocycles. The van der Waals surface area contributed by atoms with Crippen molar-refractivity contribution in [2.75, 3.05) is 0 Å². The van der Waals surface area contributed by atoms with E-state index >= 15 is 0 Å². The zero-order valence-corrected chi connectivity index (χ0v) is 21.6. The SMILES string of the molecule is CCCCc1nc(O)c(Cc2ccc(-c3cccnc3C)cc2)c(=O)n1C(CC)c1cccc(C#N)c1. The van der Waals surface area contributed by atoms with Crippen LogP contribution in [0.5, 0.6) is 5.88 Å². The van der Waals surface area contributed by atoms with Crippen molar-refractivity contribution in [3.63, 3.8) is 0 Å². The number of aryl methyl sites for hydroxylation is 2. The van der Waals surface area contributed by atoms with Gasteiger partial charge in [-0.2, -0.15) is 10.2 Å². The minimum Gasteiger partial charge on any atom is -0.493 e. The molecule has 2 heterocycles. The second-order valence-corrected chi connectivity index (χ2v) is 9.28. The summed E-state index contributed by atoms with van der Waals surface area (Å²) in [5.41, 5.74) is 5.45. The number of aromatic hydroxyl groups is 1. The summed E-state index contributed by atoms with van der Waals surface area (Å²) in [6.07, 6.45) is 5.09. The van der Waals surface area contributed by atoms with E-state index in [1.54, 1.807) is 16.8 Å². The van der Waals surface area contributed by atoms with Gasteiger partial charge in [-0.05, 0) is 54.7 Å². The van der Waals surface area contributed by atoms with Gasteiger partial charge in [0.05, 0.1) is 23.2 Å². The number of hydrogen-bond acceptors (Lipinski definition) is 5. The van der Waals surface area contributed by atoms with Crippen molar-refractivity contribution in [3.8, 4) is 23.1 Å². The summed E-state index contributed by atoms with van der Waals surface area (Å²) in [7, 11) is 0. The number of unbranched alkanes of at least 4 members (excludes halogenated alkanes) is 1. The summed E-state index contributed by atoms with van der Waals surface area (Å²) in [5, 5.41) is 20.3. The monoisotopic (exact) mass is 492 g/mol. The molecule has 0 aliphatic heterocycles. The van der Waals surface area contributed by atoms with Gasteiger partial charge in [0.2, 0.25) is 5.88 Å². The smallest absolute Gasteiger partial charge is 0.261 e.